The van der Waals surface area contributed by atoms with Crippen LogP contribution in [0.25, 0.3) is 0 Å². The Bertz CT molecular complexity index is 566. The van der Waals surface area contributed by atoms with Gasteiger partial charge in [-0.1, -0.05) is 42.4 Å². The molecule has 5 nitrogen and oxygen atoms in total. The van der Waals surface area contributed by atoms with Crippen LogP contribution in [0.2, 0.25) is 0 Å². The number of benzene rings is 1. The first-order valence-electron chi connectivity index (χ1n) is 7.28. The topological polar surface area (TPSA) is 59.2 Å². The van der Waals surface area contributed by atoms with Crippen LogP contribution in [0.4, 0.5) is 0 Å². The molecule has 0 aliphatic carbocycles. The van der Waals surface area contributed by atoms with Crippen LogP contribution in [0.1, 0.15) is 37.0 Å². The smallest absolute Gasteiger partial charge is 0.227 e. The Morgan fingerprint density at radius 3 is 2.71 bits per heavy atom. The third kappa shape index (κ3) is 4.70. The fourth-order valence-electron chi connectivity index (χ4n) is 2.07. The van der Waals surface area contributed by atoms with Gasteiger partial charge in [-0.2, -0.15) is 4.98 Å². The standard InChI is InChI=1S/C16H21N3O2/c1-3-7-14-17-15(21-18-14)10-11-16(20)19(2)12-13-8-5-4-6-9-13/h4-6,8-9H,3,7,10-12H2,1-2H3. The number of carbonyl (C=O) groups excluding carboxylic acids is 1. The summed E-state index contributed by atoms with van der Waals surface area (Å²) in [6, 6.07) is 9.94. The second-order valence-corrected chi connectivity index (χ2v) is 5.09. The van der Waals surface area contributed by atoms with E-state index in [2.05, 4.69) is 17.1 Å². The molecule has 1 aromatic carbocycles. The lowest BCUT2D eigenvalue weighted by atomic mass is 10.2. The van der Waals surface area contributed by atoms with Crippen LogP contribution < -0.4 is 0 Å². The molecule has 0 aliphatic rings. The summed E-state index contributed by atoms with van der Waals surface area (Å²) >= 11 is 0. The molecule has 0 fully saturated rings. The van der Waals surface area contributed by atoms with Crippen molar-refractivity contribution in [1.29, 1.82) is 0 Å². The summed E-state index contributed by atoms with van der Waals surface area (Å²) < 4.78 is 5.13. The van der Waals surface area contributed by atoms with E-state index < -0.39 is 0 Å². The zero-order valence-electron chi connectivity index (χ0n) is 12.6. The zero-order chi connectivity index (χ0) is 15.1. The summed E-state index contributed by atoms with van der Waals surface area (Å²) in [5, 5.41) is 3.89. The van der Waals surface area contributed by atoms with E-state index in [1.165, 1.54) is 0 Å². The SMILES string of the molecule is CCCc1noc(CCC(=O)N(C)Cc2ccccc2)n1. The number of nitrogens with zero attached hydrogens (tertiary/aromatic N) is 3. The molecule has 1 aromatic heterocycles. The highest BCUT2D eigenvalue weighted by Gasteiger charge is 2.12. The first kappa shape index (κ1) is 15.2. The number of amides is 1. The molecule has 5 heteroatoms. The Morgan fingerprint density at radius 1 is 1.24 bits per heavy atom. The van der Waals surface area contributed by atoms with Gasteiger partial charge in [0.1, 0.15) is 0 Å². The molecule has 0 saturated heterocycles. The van der Waals surface area contributed by atoms with Crippen LogP contribution in [0.5, 0.6) is 0 Å². The molecule has 0 aliphatic heterocycles. The number of aromatic nitrogens is 2. The highest BCUT2D eigenvalue weighted by atomic mass is 16.5. The van der Waals surface area contributed by atoms with Gasteiger partial charge in [-0.15, -0.1) is 0 Å². The average Bonchev–Trinajstić information content (AvgIpc) is 2.94. The van der Waals surface area contributed by atoms with Crippen molar-refractivity contribution < 1.29 is 9.32 Å². The first-order chi connectivity index (χ1) is 10.2. The maximum Gasteiger partial charge on any atom is 0.227 e. The van der Waals surface area contributed by atoms with E-state index in [0.29, 0.717) is 25.3 Å². The Hall–Kier alpha value is -2.17. The number of aryl methyl sites for hydroxylation is 2. The van der Waals surface area contributed by atoms with E-state index >= 15 is 0 Å². The fourth-order valence-corrected chi connectivity index (χ4v) is 2.07. The third-order valence-electron chi connectivity index (χ3n) is 3.22. The number of hydrogen-bond donors (Lipinski definition) is 0. The molecule has 0 radical (unpaired) electrons. The van der Waals surface area contributed by atoms with Gasteiger partial charge in [0.05, 0.1) is 0 Å². The Kier molecular flexibility index (Phi) is 5.49. The van der Waals surface area contributed by atoms with Crippen LogP contribution in [0, 0.1) is 0 Å². The lowest BCUT2D eigenvalue weighted by Crippen LogP contribution is -2.26. The van der Waals surface area contributed by atoms with Crippen molar-refractivity contribution >= 4 is 5.91 Å². The molecule has 1 amide bonds. The molecule has 0 saturated carbocycles. The van der Waals surface area contributed by atoms with Gasteiger partial charge < -0.3 is 9.42 Å². The molecular formula is C16H21N3O2. The van der Waals surface area contributed by atoms with E-state index in [0.717, 1.165) is 24.2 Å². The monoisotopic (exact) mass is 287 g/mol. The normalized spacial score (nSPS) is 10.6. The van der Waals surface area contributed by atoms with E-state index in [-0.39, 0.29) is 5.91 Å². The molecule has 0 bridgehead atoms. The van der Waals surface area contributed by atoms with Crippen LogP contribution >= 0.6 is 0 Å². The van der Waals surface area contributed by atoms with Gasteiger partial charge in [0.2, 0.25) is 11.8 Å². The molecular weight excluding hydrogens is 266 g/mol. The predicted octanol–water partition coefficient (Wildman–Crippen LogP) is 2.61. The van der Waals surface area contributed by atoms with Crippen molar-refractivity contribution in [3.63, 3.8) is 0 Å². The molecule has 0 N–H and O–H groups in total. The molecule has 1 heterocycles. The largest absolute Gasteiger partial charge is 0.341 e. The summed E-state index contributed by atoms with van der Waals surface area (Å²) in [4.78, 5) is 18.1. The maximum atomic E-state index is 12.1. The highest BCUT2D eigenvalue weighted by molar-refractivity contribution is 5.76. The van der Waals surface area contributed by atoms with Gasteiger partial charge >= 0.3 is 0 Å². The van der Waals surface area contributed by atoms with Crippen molar-refractivity contribution in [3.8, 4) is 0 Å². The summed E-state index contributed by atoms with van der Waals surface area (Å²) in [6.07, 6.45) is 2.68. The summed E-state index contributed by atoms with van der Waals surface area (Å²) in [7, 11) is 1.81. The fraction of sp³-hybridized carbons (Fsp3) is 0.438. The molecule has 2 aromatic rings. The maximum absolute atomic E-state index is 12.1. The Balaban J connectivity index is 1.80. The quantitative estimate of drug-likeness (QED) is 0.785. The molecule has 0 spiro atoms. The second-order valence-electron chi connectivity index (χ2n) is 5.09. The minimum absolute atomic E-state index is 0.0779. The molecule has 0 unspecified atom stereocenters. The summed E-state index contributed by atoms with van der Waals surface area (Å²) in [6.45, 7) is 2.68. The molecule has 21 heavy (non-hydrogen) atoms. The Labute approximate surface area is 125 Å². The van der Waals surface area contributed by atoms with Gasteiger partial charge in [-0.3, -0.25) is 4.79 Å². The van der Waals surface area contributed by atoms with Gasteiger partial charge in [0.15, 0.2) is 5.82 Å². The minimum Gasteiger partial charge on any atom is -0.341 e. The zero-order valence-corrected chi connectivity index (χ0v) is 12.6. The van der Waals surface area contributed by atoms with Crippen molar-refractivity contribution in [2.45, 2.75) is 39.2 Å². The van der Waals surface area contributed by atoms with E-state index in [1.807, 2.05) is 37.4 Å². The van der Waals surface area contributed by atoms with Gasteiger partial charge in [0, 0.05) is 32.9 Å². The van der Waals surface area contributed by atoms with Crippen molar-refractivity contribution in [2.75, 3.05) is 7.05 Å². The predicted molar refractivity (Wildman–Crippen MR) is 79.5 cm³/mol. The average molecular weight is 287 g/mol. The van der Waals surface area contributed by atoms with Crippen LogP contribution in [0.15, 0.2) is 34.9 Å². The lowest BCUT2D eigenvalue weighted by Gasteiger charge is -2.16. The number of rotatable bonds is 7. The van der Waals surface area contributed by atoms with Crippen LogP contribution in [-0.4, -0.2) is 28.0 Å². The second kappa shape index (κ2) is 7.57. The summed E-state index contributed by atoms with van der Waals surface area (Å²) in [5.41, 5.74) is 1.12. The van der Waals surface area contributed by atoms with E-state index in [1.54, 1.807) is 4.90 Å². The molecule has 0 atom stereocenters. The number of hydrogen-bond acceptors (Lipinski definition) is 4. The lowest BCUT2D eigenvalue weighted by molar-refractivity contribution is -0.130. The number of carbonyl (C=O) groups is 1. The van der Waals surface area contributed by atoms with Gasteiger partial charge in [-0.25, -0.2) is 0 Å². The van der Waals surface area contributed by atoms with Gasteiger partial charge in [-0.05, 0) is 12.0 Å². The first-order valence-corrected chi connectivity index (χ1v) is 7.28. The van der Waals surface area contributed by atoms with Crippen LogP contribution in [0.3, 0.4) is 0 Å². The van der Waals surface area contributed by atoms with Crippen molar-refractivity contribution in [3.05, 3.63) is 47.6 Å². The van der Waals surface area contributed by atoms with Gasteiger partial charge in [0.25, 0.3) is 0 Å². The molecule has 112 valence electrons. The van der Waals surface area contributed by atoms with Crippen LogP contribution in [-0.2, 0) is 24.2 Å². The summed E-state index contributed by atoms with van der Waals surface area (Å²) in [5.74, 6) is 1.34. The third-order valence-corrected chi connectivity index (χ3v) is 3.22. The minimum atomic E-state index is 0.0779. The highest BCUT2D eigenvalue weighted by Crippen LogP contribution is 2.07. The molecule has 2 rings (SSSR count). The van der Waals surface area contributed by atoms with E-state index in [4.69, 9.17) is 4.52 Å². The van der Waals surface area contributed by atoms with E-state index in [9.17, 15) is 4.79 Å². The van der Waals surface area contributed by atoms with Crippen molar-refractivity contribution in [1.82, 2.24) is 15.0 Å². The van der Waals surface area contributed by atoms with Crippen molar-refractivity contribution in [2.24, 2.45) is 0 Å². The Morgan fingerprint density at radius 2 is 2.00 bits per heavy atom.